The molecule has 2 heterocycles. The Morgan fingerprint density at radius 3 is 2.51 bits per heavy atom. The van der Waals surface area contributed by atoms with Gasteiger partial charge in [0.25, 0.3) is 5.91 Å². The van der Waals surface area contributed by atoms with Crippen LogP contribution in [0, 0.1) is 12.8 Å². The van der Waals surface area contributed by atoms with Crippen LogP contribution in [-0.2, 0) is 9.59 Å². The number of aryl methyl sites for hydroxylation is 1. The minimum absolute atomic E-state index is 0.0176. The van der Waals surface area contributed by atoms with Crippen molar-refractivity contribution in [3.05, 3.63) is 65.6 Å². The number of aromatic nitrogens is 1. The summed E-state index contributed by atoms with van der Waals surface area (Å²) in [6.45, 7) is 7.87. The van der Waals surface area contributed by atoms with Crippen molar-refractivity contribution in [2.45, 2.75) is 25.7 Å². The maximum absolute atomic E-state index is 12.5. The topological polar surface area (TPSA) is 117 Å². The third kappa shape index (κ3) is 5.89. The first-order valence-corrected chi connectivity index (χ1v) is 12.4. The van der Waals surface area contributed by atoms with Crippen molar-refractivity contribution in [1.82, 2.24) is 20.9 Å². The average Bonchev–Trinajstić information content (AvgIpc) is 3.72. The van der Waals surface area contributed by atoms with Gasteiger partial charge in [0.1, 0.15) is 11.6 Å². The van der Waals surface area contributed by atoms with Crippen LogP contribution in [0.5, 0.6) is 5.75 Å². The fourth-order valence-corrected chi connectivity index (χ4v) is 4.13. The van der Waals surface area contributed by atoms with E-state index in [1.54, 1.807) is 20.2 Å². The van der Waals surface area contributed by atoms with Gasteiger partial charge in [-0.15, -0.1) is 0 Å². The Hall–Kier alpha value is -3.98. The molecule has 1 aromatic carbocycles. The summed E-state index contributed by atoms with van der Waals surface area (Å²) in [4.78, 5) is 33.7. The summed E-state index contributed by atoms with van der Waals surface area (Å²) >= 11 is 0. The molecule has 1 saturated carbocycles. The van der Waals surface area contributed by atoms with Gasteiger partial charge in [0.05, 0.1) is 24.1 Å². The van der Waals surface area contributed by atoms with Gasteiger partial charge < -0.3 is 26.0 Å². The van der Waals surface area contributed by atoms with Crippen LogP contribution in [0.4, 0.5) is 5.69 Å². The number of benzene rings is 1. The van der Waals surface area contributed by atoms with Crippen molar-refractivity contribution in [3.8, 4) is 16.9 Å². The number of likely N-dealkylation sites (N-methyl/N-ethyl adjacent to an activating group) is 1. The lowest BCUT2D eigenvalue weighted by molar-refractivity contribution is -0.120. The highest BCUT2D eigenvalue weighted by Gasteiger charge is 2.30. The summed E-state index contributed by atoms with van der Waals surface area (Å²) in [6, 6.07) is 7.99. The van der Waals surface area contributed by atoms with Crippen LogP contribution in [0.1, 0.15) is 30.0 Å². The molecule has 0 spiro atoms. The van der Waals surface area contributed by atoms with Crippen molar-refractivity contribution in [2.75, 3.05) is 39.6 Å². The molecule has 4 rings (SSSR count). The lowest BCUT2D eigenvalue weighted by Gasteiger charge is -2.26. The number of nitrogens with zero attached hydrogens (tertiary/aromatic N) is 2. The first kappa shape index (κ1) is 26.1. The number of rotatable bonds is 9. The molecular weight excluding hydrogens is 468 g/mol. The third-order valence-corrected chi connectivity index (χ3v) is 6.66. The number of pyridine rings is 1. The van der Waals surface area contributed by atoms with E-state index in [0.717, 1.165) is 48.3 Å². The fraction of sp³-hybridized carbons (Fsp3) is 0.357. The summed E-state index contributed by atoms with van der Waals surface area (Å²) in [7, 11) is 4.73. The molecule has 2 amide bonds. The molecule has 1 saturated heterocycles. The molecule has 0 unspecified atom stereocenters. The summed E-state index contributed by atoms with van der Waals surface area (Å²) in [5, 5.41) is 12.0. The Kier molecular flexibility index (Phi) is 8.03. The molecule has 1 aromatic heterocycles. The van der Waals surface area contributed by atoms with Crippen LogP contribution < -0.4 is 26.0 Å². The zero-order chi connectivity index (χ0) is 26.5. The van der Waals surface area contributed by atoms with Gasteiger partial charge in [0, 0.05) is 68.1 Å². The van der Waals surface area contributed by atoms with E-state index >= 15 is 0 Å². The van der Waals surface area contributed by atoms with Crippen molar-refractivity contribution in [1.29, 1.82) is 0 Å². The minimum Gasteiger partial charge on any atom is -0.494 e. The zero-order valence-electron chi connectivity index (χ0n) is 21.8. The number of aliphatic imine (C=N–C) groups is 1. The van der Waals surface area contributed by atoms with Crippen LogP contribution in [0.15, 0.2) is 59.4 Å². The zero-order valence-corrected chi connectivity index (χ0v) is 21.8. The number of methoxy groups -OCH3 is 1. The summed E-state index contributed by atoms with van der Waals surface area (Å²) in [6.07, 6.45) is 5.23. The first-order valence-electron chi connectivity index (χ1n) is 12.4. The highest BCUT2D eigenvalue weighted by atomic mass is 16.5. The first-order chi connectivity index (χ1) is 17.9. The lowest BCUT2D eigenvalue weighted by atomic mass is 9.95. The maximum atomic E-state index is 12.5. The van der Waals surface area contributed by atoms with Gasteiger partial charge in [-0.25, -0.2) is 0 Å². The highest BCUT2D eigenvalue weighted by Crippen LogP contribution is 2.40. The van der Waals surface area contributed by atoms with Crippen LogP contribution in [0.2, 0.25) is 0 Å². The third-order valence-electron chi connectivity index (χ3n) is 6.66. The van der Waals surface area contributed by atoms with Gasteiger partial charge in [-0.1, -0.05) is 18.7 Å². The van der Waals surface area contributed by atoms with Crippen molar-refractivity contribution in [3.63, 3.8) is 0 Å². The molecule has 1 aliphatic heterocycles. The Morgan fingerprint density at radius 1 is 1.22 bits per heavy atom. The van der Waals surface area contributed by atoms with E-state index in [2.05, 4.69) is 45.0 Å². The Labute approximate surface area is 217 Å². The van der Waals surface area contributed by atoms with E-state index in [4.69, 9.17) is 9.72 Å². The molecule has 1 aliphatic carbocycles. The number of hydrogen-bond donors (Lipinski definition) is 4. The predicted octanol–water partition coefficient (Wildman–Crippen LogP) is 2.90. The van der Waals surface area contributed by atoms with Crippen molar-refractivity contribution in [2.24, 2.45) is 10.9 Å². The second-order valence-corrected chi connectivity index (χ2v) is 9.28. The summed E-state index contributed by atoms with van der Waals surface area (Å²) in [5.41, 5.74) is 5.12. The van der Waals surface area contributed by atoms with E-state index in [9.17, 15) is 9.59 Å². The number of anilines is 1. The smallest absolute Gasteiger partial charge is 0.252 e. The maximum Gasteiger partial charge on any atom is 0.252 e. The highest BCUT2D eigenvalue weighted by molar-refractivity contribution is 6.08. The van der Waals surface area contributed by atoms with Crippen LogP contribution in [-0.4, -0.2) is 56.9 Å². The lowest BCUT2D eigenvalue weighted by Crippen LogP contribution is -2.40. The number of ether oxygens (including phenoxy) is 1. The average molecular weight is 503 g/mol. The van der Waals surface area contributed by atoms with Gasteiger partial charge in [0.15, 0.2) is 0 Å². The van der Waals surface area contributed by atoms with Gasteiger partial charge in [-0.3, -0.25) is 19.6 Å². The second-order valence-electron chi connectivity index (χ2n) is 9.28. The molecule has 2 aromatic rings. The molecule has 0 atom stereocenters. The Bertz CT molecular complexity index is 1260. The molecule has 9 nitrogen and oxygen atoms in total. The van der Waals surface area contributed by atoms with Crippen LogP contribution >= 0.6 is 0 Å². The fourth-order valence-electron chi connectivity index (χ4n) is 4.13. The van der Waals surface area contributed by atoms with E-state index in [1.165, 1.54) is 7.05 Å². The summed E-state index contributed by atoms with van der Waals surface area (Å²) in [5.74, 6) is 0.964. The van der Waals surface area contributed by atoms with Crippen molar-refractivity contribution < 1.29 is 14.3 Å². The molecule has 0 radical (unpaired) electrons. The molecule has 4 N–H and O–H groups in total. The second kappa shape index (κ2) is 11.4. The molecule has 9 heteroatoms. The van der Waals surface area contributed by atoms with E-state index in [0.29, 0.717) is 28.9 Å². The van der Waals surface area contributed by atoms with E-state index < -0.39 is 0 Å². The van der Waals surface area contributed by atoms with Gasteiger partial charge >= 0.3 is 0 Å². The number of amides is 2. The largest absolute Gasteiger partial charge is 0.494 e. The molecular formula is C28H34N6O3. The molecule has 0 bridgehead atoms. The Balaban J connectivity index is 1.69. The van der Waals surface area contributed by atoms with Gasteiger partial charge in [-0.05, 0) is 37.5 Å². The number of nitrogens with one attached hydrogen (secondary N) is 4. The quantitative estimate of drug-likeness (QED) is 0.181. The van der Waals surface area contributed by atoms with Gasteiger partial charge in [0.2, 0.25) is 5.91 Å². The molecule has 2 aliphatic rings. The van der Waals surface area contributed by atoms with Crippen LogP contribution in [0.3, 0.4) is 0 Å². The number of amidine groups is 1. The number of carbonyl (C=O) groups is 2. The number of carbonyl (C=O) groups excluding carboxylic acids is 2. The van der Waals surface area contributed by atoms with E-state index in [-0.39, 0.29) is 23.3 Å². The predicted molar refractivity (Wildman–Crippen MR) is 146 cm³/mol. The summed E-state index contributed by atoms with van der Waals surface area (Å²) < 4.78 is 5.87. The monoisotopic (exact) mass is 502 g/mol. The van der Waals surface area contributed by atoms with E-state index in [1.807, 2.05) is 25.3 Å². The minimum atomic E-state index is -0.362. The van der Waals surface area contributed by atoms with Gasteiger partial charge in [-0.2, -0.15) is 0 Å². The molecule has 37 heavy (non-hydrogen) atoms. The number of hydrogen-bond acceptors (Lipinski definition) is 7. The molecule has 194 valence electrons. The van der Waals surface area contributed by atoms with Crippen LogP contribution in [0.25, 0.3) is 11.1 Å². The van der Waals surface area contributed by atoms with Crippen molar-refractivity contribution >= 4 is 23.3 Å². The normalized spacial score (nSPS) is 16.0. The molecule has 2 fully saturated rings. The standard InChI is InChI=1S/C28H34N6O3/c1-16-6-10-22(26(37-5)25(16)19-9-11-21(32-15-19)20-13-31-14-20)33-23(17(2)27(35)30-4)12-24(29-3)34-28(36)18-7-8-18/h6,9-12,15,18,20,31,33H,2,7-8,13-14H2,1,3-5H3,(H,30,35)(H,29,34,36)/b23-12+. The SMILES string of the molecule is C=C(C(=O)NC)/C(=C\C(=NC)NC(=O)C1CC1)Nc1ccc(C)c(-c2ccc(C3CNC3)nc2)c1OC. The Morgan fingerprint density at radius 2 is 1.97 bits per heavy atom.